The number of hydrogen-bond donors (Lipinski definition) is 1. The van der Waals surface area contributed by atoms with Gasteiger partial charge in [0.15, 0.2) is 11.6 Å². The maximum atomic E-state index is 13.6. The number of hydrogen-bond acceptors (Lipinski definition) is 4. The molecule has 0 saturated carbocycles. The van der Waals surface area contributed by atoms with Crippen LogP contribution in [0.25, 0.3) is 0 Å². The lowest BCUT2D eigenvalue weighted by atomic mass is 10.1. The Morgan fingerprint density at radius 3 is 2.61 bits per heavy atom. The molecule has 9 heteroatoms. The molecule has 2 aromatic rings. The second kappa shape index (κ2) is 9.21. The molecule has 1 amide bonds. The fraction of sp³-hybridized carbons (Fsp3) is 0.409. The molecule has 0 unspecified atom stereocenters. The van der Waals surface area contributed by atoms with Crippen molar-refractivity contribution >= 4 is 27.3 Å². The average molecular weight is 452 g/mol. The molecule has 0 aromatic heterocycles. The zero-order chi connectivity index (χ0) is 22.8. The van der Waals surface area contributed by atoms with E-state index in [1.807, 2.05) is 12.1 Å². The fourth-order valence-corrected chi connectivity index (χ4v) is 5.18. The van der Waals surface area contributed by atoms with Gasteiger partial charge in [-0.1, -0.05) is 18.2 Å². The Hall–Kier alpha value is -2.68. The van der Waals surface area contributed by atoms with Crippen molar-refractivity contribution in [3.8, 4) is 0 Å². The molecule has 3 rings (SSSR count). The quantitative estimate of drug-likeness (QED) is 0.627. The molecule has 0 aliphatic carbocycles. The molecule has 2 aromatic carbocycles. The summed E-state index contributed by atoms with van der Waals surface area (Å²) in [4.78, 5) is 14.9. The third-order valence-electron chi connectivity index (χ3n) is 5.47. The van der Waals surface area contributed by atoms with Gasteiger partial charge < -0.3 is 10.2 Å². The summed E-state index contributed by atoms with van der Waals surface area (Å²) in [5, 5.41) is 2.75. The van der Waals surface area contributed by atoms with Crippen molar-refractivity contribution in [3.63, 3.8) is 0 Å². The highest BCUT2D eigenvalue weighted by Gasteiger charge is 2.30. The highest BCUT2D eigenvalue weighted by atomic mass is 32.2. The van der Waals surface area contributed by atoms with Crippen molar-refractivity contribution in [2.45, 2.75) is 38.8 Å². The molecule has 1 N–H and O–H groups in total. The van der Waals surface area contributed by atoms with Gasteiger partial charge >= 0.3 is 0 Å². The number of nitrogens with one attached hydrogen (secondary N) is 1. The summed E-state index contributed by atoms with van der Waals surface area (Å²) in [5.41, 5.74) is 2.41. The van der Waals surface area contributed by atoms with Crippen molar-refractivity contribution in [2.75, 3.05) is 28.6 Å². The molecule has 2 atom stereocenters. The maximum absolute atomic E-state index is 13.6. The molecule has 31 heavy (non-hydrogen) atoms. The second-order valence-electron chi connectivity index (χ2n) is 7.85. The van der Waals surface area contributed by atoms with Gasteiger partial charge in [-0.3, -0.25) is 9.10 Å². The lowest BCUT2D eigenvalue weighted by Gasteiger charge is -2.28. The Kier molecular flexibility index (Phi) is 6.83. The Labute approximate surface area is 181 Å². The topological polar surface area (TPSA) is 69.7 Å². The average Bonchev–Trinajstić information content (AvgIpc) is 3.02. The molecule has 168 valence electrons. The van der Waals surface area contributed by atoms with Gasteiger partial charge in [-0.2, -0.15) is 0 Å². The first-order valence-electron chi connectivity index (χ1n) is 10.2. The van der Waals surface area contributed by atoms with E-state index in [9.17, 15) is 22.0 Å². The molecule has 1 aliphatic heterocycles. The van der Waals surface area contributed by atoms with E-state index in [-0.39, 0.29) is 5.69 Å². The Morgan fingerprint density at radius 2 is 1.94 bits per heavy atom. The molecule has 0 fully saturated rings. The van der Waals surface area contributed by atoms with Gasteiger partial charge in [-0.05, 0) is 50.5 Å². The van der Waals surface area contributed by atoms with Gasteiger partial charge in [0.2, 0.25) is 15.9 Å². The number of fused-ring (bicyclic) bond motifs is 1. The van der Waals surface area contributed by atoms with Crippen LogP contribution in [-0.4, -0.2) is 45.8 Å². The van der Waals surface area contributed by atoms with Crippen LogP contribution in [-0.2, 0) is 21.2 Å². The van der Waals surface area contributed by atoms with Crippen LogP contribution < -0.4 is 14.5 Å². The third-order valence-corrected chi connectivity index (χ3v) is 6.71. The fourth-order valence-electron chi connectivity index (χ4n) is 4.01. The number of para-hydroxylation sites is 1. The van der Waals surface area contributed by atoms with Crippen molar-refractivity contribution in [2.24, 2.45) is 0 Å². The number of benzene rings is 2. The summed E-state index contributed by atoms with van der Waals surface area (Å²) in [6.07, 6.45) is 2.59. The number of rotatable bonds is 8. The largest absolute Gasteiger partial charge is 0.368 e. The zero-order valence-corrected chi connectivity index (χ0v) is 18.6. The van der Waals surface area contributed by atoms with Crippen LogP contribution in [0.4, 0.5) is 20.2 Å². The molecule has 1 aliphatic rings. The molecule has 1 heterocycles. The van der Waals surface area contributed by atoms with E-state index in [2.05, 4.69) is 29.3 Å². The van der Waals surface area contributed by atoms with Crippen molar-refractivity contribution in [1.82, 2.24) is 5.32 Å². The number of nitrogens with zero attached hydrogens (tertiary/aromatic N) is 2. The Morgan fingerprint density at radius 1 is 1.23 bits per heavy atom. The highest BCUT2D eigenvalue weighted by molar-refractivity contribution is 7.92. The molecule has 6 nitrogen and oxygen atoms in total. The molecular formula is C22H27F2N3O3S. The Balaban J connectivity index is 1.60. The number of anilines is 2. The monoisotopic (exact) mass is 451 g/mol. The van der Waals surface area contributed by atoms with Gasteiger partial charge in [-0.25, -0.2) is 17.2 Å². The minimum absolute atomic E-state index is 0.105. The van der Waals surface area contributed by atoms with Gasteiger partial charge in [0, 0.05) is 30.9 Å². The van der Waals surface area contributed by atoms with Crippen LogP contribution >= 0.6 is 0 Å². The third kappa shape index (κ3) is 5.15. The standard InChI is InChI=1S/C22H27F2N3O3S/c1-15-13-17-7-4-5-8-21(17)26(15)12-6-11-25-22(28)16(2)27(31(3,29)30)18-9-10-19(23)20(24)14-18/h4-5,7-10,14-16H,6,11-13H2,1-3H3,(H,25,28)/t15-,16-/m0/s1. The van der Waals surface area contributed by atoms with Crippen LogP contribution in [0.15, 0.2) is 42.5 Å². The van der Waals surface area contributed by atoms with E-state index >= 15 is 0 Å². The Bertz CT molecular complexity index is 1060. The number of sulfonamides is 1. The van der Waals surface area contributed by atoms with Crippen molar-refractivity contribution < 1.29 is 22.0 Å². The predicted octanol–water partition coefficient (Wildman–Crippen LogP) is 3.08. The molecule has 0 radical (unpaired) electrons. The highest BCUT2D eigenvalue weighted by Crippen LogP contribution is 2.31. The lowest BCUT2D eigenvalue weighted by molar-refractivity contribution is -0.121. The van der Waals surface area contributed by atoms with Crippen LogP contribution in [0.5, 0.6) is 0 Å². The lowest BCUT2D eigenvalue weighted by Crippen LogP contribution is -2.48. The SMILES string of the molecule is C[C@H]1Cc2ccccc2N1CCCNC(=O)[C@H](C)N(c1ccc(F)c(F)c1)S(C)(=O)=O. The van der Waals surface area contributed by atoms with E-state index in [1.165, 1.54) is 18.2 Å². The zero-order valence-electron chi connectivity index (χ0n) is 17.8. The van der Waals surface area contributed by atoms with E-state index in [1.54, 1.807) is 0 Å². The minimum Gasteiger partial charge on any atom is -0.368 e. The summed E-state index contributed by atoms with van der Waals surface area (Å²) in [6, 6.07) is 10.2. The normalized spacial score (nSPS) is 16.7. The summed E-state index contributed by atoms with van der Waals surface area (Å²) < 4.78 is 52.2. The number of halogens is 2. The van der Waals surface area contributed by atoms with Gasteiger partial charge in [0.05, 0.1) is 11.9 Å². The summed E-state index contributed by atoms with van der Waals surface area (Å²) >= 11 is 0. The molecule has 0 bridgehead atoms. The van der Waals surface area contributed by atoms with E-state index in [0.717, 1.165) is 41.7 Å². The van der Waals surface area contributed by atoms with Crippen LogP contribution in [0, 0.1) is 11.6 Å². The smallest absolute Gasteiger partial charge is 0.243 e. The predicted molar refractivity (Wildman–Crippen MR) is 118 cm³/mol. The van der Waals surface area contributed by atoms with Gasteiger partial charge in [0.1, 0.15) is 6.04 Å². The van der Waals surface area contributed by atoms with Crippen molar-refractivity contribution in [3.05, 3.63) is 59.7 Å². The summed E-state index contributed by atoms with van der Waals surface area (Å²) in [5.74, 6) is -2.78. The first-order chi connectivity index (χ1) is 14.6. The van der Waals surface area contributed by atoms with Gasteiger partial charge in [0.25, 0.3) is 0 Å². The van der Waals surface area contributed by atoms with E-state index in [0.29, 0.717) is 19.0 Å². The number of carbonyl (C=O) groups is 1. The van der Waals surface area contributed by atoms with Crippen LogP contribution in [0.2, 0.25) is 0 Å². The summed E-state index contributed by atoms with van der Waals surface area (Å²) in [6.45, 7) is 4.69. The first kappa shape index (κ1) is 23.0. The first-order valence-corrected chi connectivity index (χ1v) is 12.0. The van der Waals surface area contributed by atoms with Crippen LogP contribution in [0.1, 0.15) is 25.8 Å². The second-order valence-corrected chi connectivity index (χ2v) is 9.71. The molecule has 0 spiro atoms. The van der Waals surface area contributed by atoms with Gasteiger partial charge in [-0.15, -0.1) is 0 Å². The summed E-state index contributed by atoms with van der Waals surface area (Å²) in [7, 11) is -3.90. The van der Waals surface area contributed by atoms with Crippen molar-refractivity contribution in [1.29, 1.82) is 0 Å². The number of amides is 1. The number of carbonyl (C=O) groups excluding carboxylic acids is 1. The molecule has 0 saturated heterocycles. The van der Waals surface area contributed by atoms with Crippen LogP contribution in [0.3, 0.4) is 0 Å². The van der Waals surface area contributed by atoms with E-state index < -0.39 is 33.6 Å². The van der Waals surface area contributed by atoms with E-state index in [4.69, 9.17) is 0 Å². The molecular weight excluding hydrogens is 424 g/mol. The minimum atomic E-state index is -3.90. The maximum Gasteiger partial charge on any atom is 0.243 e.